The van der Waals surface area contributed by atoms with Gasteiger partial charge in [-0.2, -0.15) is 12.7 Å². The van der Waals surface area contributed by atoms with Crippen molar-refractivity contribution in [2.45, 2.75) is 95.2 Å². The average Bonchev–Trinajstić information content (AvgIpc) is 3.74. The van der Waals surface area contributed by atoms with E-state index < -0.39 is 21.5 Å². The monoisotopic (exact) mass is 676 g/mol. The SMILES string of the molecule is COCC1CCCC(C)N1C(=O)C12CC1c1cc(OC)ccc1-c1c(C3CCCCC3)c3ccc(C(=O)NS(=O)(=O)N(C)C)cc3n1C2. The van der Waals surface area contributed by atoms with Crippen LogP contribution in [0.15, 0.2) is 36.4 Å². The van der Waals surface area contributed by atoms with Crippen LogP contribution in [0, 0.1) is 5.41 Å². The van der Waals surface area contributed by atoms with Crippen LogP contribution in [-0.2, 0) is 26.3 Å². The number of hydrogen-bond donors (Lipinski definition) is 1. The highest BCUT2D eigenvalue weighted by Crippen LogP contribution is 2.66. The van der Waals surface area contributed by atoms with E-state index in [1.54, 1.807) is 20.3 Å². The first-order valence-electron chi connectivity index (χ1n) is 17.4. The number of methoxy groups -OCH3 is 2. The predicted octanol–water partition coefficient (Wildman–Crippen LogP) is 5.80. The molecule has 258 valence electrons. The van der Waals surface area contributed by atoms with E-state index in [1.807, 2.05) is 18.2 Å². The number of likely N-dealkylation sites (tertiary alicyclic amines) is 1. The Hall–Kier alpha value is -3.41. The highest BCUT2D eigenvalue weighted by molar-refractivity contribution is 7.87. The van der Waals surface area contributed by atoms with Crippen molar-refractivity contribution in [2.75, 3.05) is 34.9 Å². The second kappa shape index (κ2) is 12.5. The maximum Gasteiger partial charge on any atom is 0.303 e. The Kier molecular flexibility index (Phi) is 8.61. The summed E-state index contributed by atoms with van der Waals surface area (Å²) in [5.41, 5.74) is 5.12. The van der Waals surface area contributed by atoms with Gasteiger partial charge in [-0.15, -0.1) is 0 Å². The summed E-state index contributed by atoms with van der Waals surface area (Å²) < 4.78 is 42.0. The molecule has 0 radical (unpaired) electrons. The Morgan fingerprint density at radius 3 is 2.48 bits per heavy atom. The van der Waals surface area contributed by atoms with Gasteiger partial charge in [0.25, 0.3) is 5.91 Å². The molecule has 2 aromatic carbocycles. The lowest BCUT2D eigenvalue weighted by atomic mass is 9.81. The highest BCUT2D eigenvalue weighted by atomic mass is 32.2. The Morgan fingerprint density at radius 1 is 1.00 bits per heavy atom. The molecule has 0 spiro atoms. The number of nitrogens with zero attached hydrogens (tertiary/aromatic N) is 3. The van der Waals surface area contributed by atoms with E-state index in [0.717, 1.165) is 89.1 Å². The molecule has 3 fully saturated rings. The summed E-state index contributed by atoms with van der Waals surface area (Å²) in [5, 5.41) is 1.07. The fourth-order valence-corrected chi connectivity index (χ4v) is 9.49. The first-order chi connectivity index (χ1) is 23.0. The first kappa shape index (κ1) is 33.1. The van der Waals surface area contributed by atoms with Gasteiger partial charge in [0.1, 0.15) is 5.75 Å². The first-order valence-corrected chi connectivity index (χ1v) is 18.9. The van der Waals surface area contributed by atoms with Crippen LogP contribution in [0.3, 0.4) is 0 Å². The summed E-state index contributed by atoms with van der Waals surface area (Å²) in [6.45, 7) is 3.15. The van der Waals surface area contributed by atoms with Gasteiger partial charge >= 0.3 is 10.2 Å². The quantitative estimate of drug-likeness (QED) is 0.323. The predicted molar refractivity (Wildman–Crippen MR) is 185 cm³/mol. The second-order valence-electron chi connectivity index (χ2n) is 14.6. The molecule has 3 heterocycles. The molecule has 2 aliphatic carbocycles. The van der Waals surface area contributed by atoms with Crippen LogP contribution in [0.1, 0.15) is 98.0 Å². The molecule has 4 aliphatic rings. The normalized spacial score (nSPS) is 25.6. The van der Waals surface area contributed by atoms with E-state index in [2.05, 4.69) is 33.2 Å². The van der Waals surface area contributed by atoms with Crippen LogP contribution >= 0.6 is 0 Å². The fraction of sp³-hybridized carbons (Fsp3) is 0.568. The third-order valence-corrected chi connectivity index (χ3v) is 12.9. The standard InChI is InChI=1S/C37H48N4O6S/c1-23-10-9-13-26(21-46-4)41(23)36(43)37-20-31(37)30-19-27(47-5)15-17-28(30)34-33(24-11-7-6-8-12-24)29-16-14-25(18-32(29)40(34)22-37)35(42)38-48(44,45)39(2)3/h14-19,23-24,26,31H,6-13,20-22H2,1-5H3,(H,38,42). The molecule has 0 bridgehead atoms. The van der Waals surface area contributed by atoms with E-state index in [-0.39, 0.29) is 29.5 Å². The van der Waals surface area contributed by atoms with E-state index >= 15 is 4.79 Å². The molecule has 1 N–H and O–H groups in total. The van der Waals surface area contributed by atoms with Crippen molar-refractivity contribution in [1.82, 2.24) is 18.5 Å². The van der Waals surface area contributed by atoms with Crippen molar-refractivity contribution in [3.8, 4) is 17.0 Å². The van der Waals surface area contributed by atoms with Crippen LogP contribution in [0.4, 0.5) is 0 Å². The zero-order chi connectivity index (χ0) is 34.0. The summed E-state index contributed by atoms with van der Waals surface area (Å²) in [6, 6.07) is 12.0. The van der Waals surface area contributed by atoms with Gasteiger partial charge in [-0.25, -0.2) is 4.72 Å². The van der Waals surface area contributed by atoms with Gasteiger partial charge in [-0.05, 0) is 92.8 Å². The van der Waals surface area contributed by atoms with Crippen molar-refractivity contribution >= 4 is 32.9 Å². The lowest BCUT2D eigenvalue weighted by Crippen LogP contribution is -2.54. The minimum Gasteiger partial charge on any atom is -0.497 e. The fourth-order valence-electron chi connectivity index (χ4n) is 8.96. The van der Waals surface area contributed by atoms with E-state index in [1.165, 1.54) is 26.1 Å². The molecule has 2 amide bonds. The van der Waals surface area contributed by atoms with Crippen LogP contribution < -0.4 is 9.46 Å². The Bertz CT molecular complexity index is 1860. The Morgan fingerprint density at radius 2 is 1.77 bits per heavy atom. The number of aromatic nitrogens is 1. The highest BCUT2D eigenvalue weighted by Gasteiger charge is 2.64. The summed E-state index contributed by atoms with van der Waals surface area (Å²) in [7, 11) is 2.18. The molecule has 1 aromatic heterocycles. The Labute approximate surface area is 283 Å². The summed E-state index contributed by atoms with van der Waals surface area (Å²) in [4.78, 5) is 30.6. The number of rotatable bonds is 8. The maximum absolute atomic E-state index is 15.1. The van der Waals surface area contributed by atoms with Crippen molar-refractivity contribution in [2.24, 2.45) is 5.41 Å². The number of carbonyl (C=O) groups excluding carboxylic acids is 2. The number of nitrogens with one attached hydrogen (secondary N) is 1. The molecule has 2 saturated carbocycles. The molecule has 2 aliphatic heterocycles. The minimum atomic E-state index is -3.98. The van der Waals surface area contributed by atoms with Gasteiger partial charge in [0.15, 0.2) is 0 Å². The summed E-state index contributed by atoms with van der Waals surface area (Å²) in [5.74, 6) is 0.637. The second-order valence-corrected chi connectivity index (χ2v) is 16.5. The zero-order valence-corrected chi connectivity index (χ0v) is 29.6. The minimum absolute atomic E-state index is 0.0262. The lowest BCUT2D eigenvalue weighted by molar-refractivity contribution is -0.146. The van der Waals surface area contributed by atoms with Crippen molar-refractivity contribution in [3.63, 3.8) is 0 Å². The third kappa shape index (κ3) is 5.42. The van der Waals surface area contributed by atoms with Crippen molar-refractivity contribution < 1.29 is 27.5 Å². The Balaban J connectivity index is 1.44. The molecule has 11 heteroatoms. The molecule has 4 unspecified atom stereocenters. The number of carbonyl (C=O) groups is 2. The molecular weight excluding hydrogens is 628 g/mol. The number of fused-ring (bicyclic) bond motifs is 7. The van der Waals surface area contributed by atoms with Gasteiger partial charge in [-0.1, -0.05) is 25.3 Å². The number of amides is 2. The van der Waals surface area contributed by atoms with Crippen molar-refractivity contribution in [1.29, 1.82) is 0 Å². The van der Waals surface area contributed by atoms with Crippen LogP contribution in [0.2, 0.25) is 0 Å². The molecule has 10 nitrogen and oxygen atoms in total. The number of benzene rings is 2. The summed E-state index contributed by atoms with van der Waals surface area (Å²) in [6.07, 6.45) is 9.40. The third-order valence-electron chi connectivity index (χ3n) is 11.5. The van der Waals surface area contributed by atoms with Crippen molar-refractivity contribution in [3.05, 3.63) is 53.1 Å². The maximum atomic E-state index is 15.1. The molecule has 7 rings (SSSR count). The molecule has 4 atom stereocenters. The molecule has 1 saturated heterocycles. The lowest BCUT2D eigenvalue weighted by Gasteiger charge is -2.42. The molecule has 48 heavy (non-hydrogen) atoms. The largest absolute Gasteiger partial charge is 0.497 e. The van der Waals surface area contributed by atoms with Gasteiger partial charge < -0.3 is 18.9 Å². The van der Waals surface area contributed by atoms with Crippen LogP contribution in [-0.4, -0.2) is 81.0 Å². The van der Waals surface area contributed by atoms with Gasteiger partial charge in [0, 0.05) is 61.7 Å². The van der Waals surface area contributed by atoms with Crippen LogP contribution in [0.5, 0.6) is 5.75 Å². The topological polar surface area (TPSA) is 110 Å². The summed E-state index contributed by atoms with van der Waals surface area (Å²) >= 11 is 0. The van der Waals surface area contributed by atoms with E-state index in [9.17, 15) is 13.2 Å². The average molecular weight is 677 g/mol. The number of ether oxygens (including phenoxy) is 2. The number of hydrogen-bond acceptors (Lipinski definition) is 6. The zero-order valence-electron chi connectivity index (χ0n) is 28.8. The van der Waals surface area contributed by atoms with E-state index in [0.29, 0.717) is 19.1 Å². The molecular formula is C37H48N4O6S. The van der Waals surface area contributed by atoms with Gasteiger partial charge in [0.05, 0.1) is 30.9 Å². The smallest absolute Gasteiger partial charge is 0.303 e. The van der Waals surface area contributed by atoms with Gasteiger partial charge in [0.2, 0.25) is 5.91 Å². The van der Waals surface area contributed by atoms with Crippen LogP contribution in [0.25, 0.3) is 22.2 Å². The van der Waals surface area contributed by atoms with E-state index in [4.69, 9.17) is 9.47 Å². The number of piperidine rings is 1. The van der Waals surface area contributed by atoms with Gasteiger partial charge in [-0.3, -0.25) is 9.59 Å². The molecule has 3 aromatic rings.